The first kappa shape index (κ1) is 24.8. The Morgan fingerprint density at radius 1 is 1.00 bits per heavy atom. The van der Waals surface area contributed by atoms with Gasteiger partial charge in [0.15, 0.2) is 0 Å². The van der Waals surface area contributed by atoms with Gasteiger partial charge in [-0.1, -0.05) is 18.2 Å². The molecule has 2 aromatic carbocycles. The lowest BCUT2D eigenvalue weighted by atomic mass is 10.0. The first-order valence-corrected chi connectivity index (χ1v) is 9.30. The van der Waals surface area contributed by atoms with Crippen molar-refractivity contribution in [1.29, 1.82) is 0 Å². The standard InChI is InChI=1S/C22H28N4O.2ClH/c1-25(2)12-11-18-15-26(14-17-3-7-19(23)8-4-17)21-9-5-16(13-20(18)21)6-10-22(24)27;;/h3-5,7-9,13,15H,6,10-12,14,23H2,1-2H3,(H2,24,27);2*1H. The zero-order valence-corrected chi connectivity index (χ0v) is 18.6. The molecule has 1 amide bonds. The third-order valence-electron chi connectivity index (χ3n) is 4.85. The summed E-state index contributed by atoms with van der Waals surface area (Å²) in [5, 5.41) is 1.26. The van der Waals surface area contributed by atoms with Gasteiger partial charge in [-0.05, 0) is 67.9 Å². The zero-order chi connectivity index (χ0) is 19.4. The second-order valence-corrected chi connectivity index (χ2v) is 7.39. The minimum Gasteiger partial charge on any atom is -0.399 e. The summed E-state index contributed by atoms with van der Waals surface area (Å²) in [5.41, 5.74) is 16.8. The summed E-state index contributed by atoms with van der Waals surface area (Å²) in [5.74, 6) is -0.260. The maximum Gasteiger partial charge on any atom is 0.217 e. The van der Waals surface area contributed by atoms with E-state index >= 15 is 0 Å². The molecule has 5 nitrogen and oxygen atoms in total. The van der Waals surface area contributed by atoms with Gasteiger partial charge >= 0.3 is 0 Å². The van der Waals surface area contributed by atoms with Gasteiger partial charge in [0.05, 0.1) is 0 Å². The van der Waals surface area contributed by atoms with E-state index < -0.39 is 0 Å². The number of anilines is 1. The molecular formula is C22H30Cl2N4O. The van der Waals surface area contributed by atoms with Crippen molar-refractivity contribution in [2.45, 2.75) is 25.8 Å². The van der Waals surface area contributed by atoms with Crippen LogP contribution in [0.1, 0.15) is 23.1 Å². The van der Waals surface area contributed by atoms with Crippen molar-refractivity contribution >= 4 is 47.3 Å². The molecule has 0 saturated heterocycles. The van der Waals surface area contributed by atoms with Crippen molar-refractivity contribution in [3.63, 3.8) is 0 Å². The van der Waals surface area contributed by atoms with Crippen molar-refractivity contribution in [2.24, 2.45) is 5.73 Å². The average molecular weight is 437 g/mol. The van der Waals surface area contributed by atoms with Crippen LogP contribution in [0.15, 0.2) is 48.7 Å². The number of primary amides is 1. The van der Waals surface area contributed by atoms with E-state index in [1.54, 1.807) is 0 Å². The minimum atomic E-state index is -0.260. The van der Waals surface area contributed by atoms with Crippen LogP contribution in [0.2, 0.25) is 0 Å². The fourth-order valence-electron chi connectivity index (χ4n) is 3.33. The first-order chi connectivity index (χ1) is 12.9. The Balaban J connectivity index is 0.00000210. The van der Waals surface area contributed by atoms with E-state index in [9.17, 15) is 4.79 Å². The molecule has 0 atom stereocenters. The molecule has 0 aliphatic carbocycles. The Hall–Kier alpha value is -2.21. The number of carbonyl (C=O) groups excluding carboxylic acids is 1. The molecule has 3 aromatic rings. The number of nitrogen functional groups attached to an aromatic ring is 1. The van der Waals surface area contributed by atoms with Crippen LogP contribution >= 0.6 is 24.8 Å². The number of aromatic nitrogens is 1. The van der Waals surface area contributed by atoms with Crippen LogP contribution in [0, 0.1) is 0 Å². The molecule has 4 N–H and O–H groups in total. The van der Waals surface area contributed by atoms with Gasteiger partial charge in [-0.15, -0.1) is 24.8 Å². The highest BCUT2D eigenvalue weighted by Crippen LogP contribution is 2.25. The summed E-state index contributed by atoms with van der Waals surface area (Å²) in [7, 11) is 4.18. The number of carbonyl (C=O) groups is 1. The van der Waals surface area contributed by atoms with Crippen molar-refractivity contribution < 1.29 is 4.79 Å². The number of amides is 1. The van der Waals surface area contributed by atoms with Crippen LogP contribution in [0.3, 0.4) is 0 Å². The summed E-state index contributed by atoms with van der Waals surface area (Å²) in [4.78, 5) is 13.3. The number of fused-ring (bicyclic) bond motifs is 1. The lowest BCUT2D eigenvalue weighted by Gasteiger charge is -2.08. The third-order valence-corrected chi connectivity index (χ3v) is 4.85. The lowest BCUT2D eigenvalue weighted by Crippen LogP contribution is -2.14. The number of nitrogens with two attached hydrogens (primary N) is 2. The summed E-state index contributed by atoms with van der Waals surface area (Å²) >= 11 is 0. The molecule has 0 unspecified atom stereocenters. The van der Waals surface area contributed by atoms with E-state index in [4.69, 9.17) is 11.5 Å². The number of likely N-dealkylation sites (N-methyl/N-ethyl adjacent to an activating group) is 1. The molecule has 0 saturated carbocycles. The summed E-state index contributed by atoms with van der Waals surface area (Å²) in [6.45, 7) is 1.80. The van der Waals surface area contributed by atoms with E-state index in [-0.39, 0.29) is 30.7 Å². The number of aryl methyl sites for hydroxylation is 1. The predicted molar refractivity (Wildman–Crippen MR) is 126 cm³/mol. The van der Waals surface area contributed by atoms with E-state index in [2.05, 4.69) is 60.1 Å². The van der Waals surface area contributed by atoms with Crippen LogP contribution in [0.25, 0.3) is 10.9 Å². The van der Waals surface area contributed by atoms with E-state index in [0.29, 0.717) is 12.8 Å². The fraction of sp³-hybridized carbons (Fsp3) is 0.318. The third kappa shape index (κ3) is 6.67. The normalized spacial score (nSPS) is 10.6. The number of benzene rings is 2. The summed E-state index contributed by atoms with van der Waals surface area (Å²) in [6, 6.07) is 14.5. The second kappa shape index (κ2) is 11.1. The van der Waals surface area contributed by atoms with Gasteiger partial charge in [0.2, 0.25) is 5.91 Å². The average Bonchev–Trinajstić information content (AvgIpc) is 2.97. The molecule has 0 fully saturated rings. The Morgan fingerprint density at radius 2 is 1.66 bits per heavy atom. The maximum absolute atomic E-state index is 11.1. The molecule has 1 heterocycles. The molecule has 1 aromatic heterocycles. The highest BCUT2D eigenvalue weighted by Gasteiger charge is 2.11. The van der Waals surface area contributed by atoms with Gasteiger partial charge in [-0.2, -0.15) is 0 Å². The number of halogens is 2. The van der Waals surface area contributed by atoms with Crippen molar-refractivity contribution in [3.8, 4) is 0 Å². The van der Waals surface area contributed by atoms with Gasteiger partial charge in [0, 0.05) is 42.3 Å². The minimum absolute atomic E-state index is 0. The number of nitrogens with zero attached hydrogens (tertiary/aromatic N) is 2. The number of rotatable bonds is 8. The molecule has 0 radical (unpaired) electrons. The fourth-order valence-corrected chi connectivity index (χ4v) is 3.33. The SMILES string of the molecule is CN(C)CCc1cn(Cc2ccc(N)cc2)c2ccc(CCC(N)=O)cc12.Cl.Cl. The van der Waals surface area contributed by atoms with Crippen LogP contribution in [0.4, 0.5) is 5.69 Å². The zero-order valence-electron chi connectivity index (χ0n) is 16.9. The smallest absolute Gasteiger partial charge is 0.217 e. The molecule has 3 rings (SSSR count). The number of hydrogen-bond acceptors (Lipinski definition) is 3. The second-order valence-electron chi connectivity index (χ2n) is 7.39. The van der Waals surface area contributed by atoms with Crippen molar-refractivity contribution in [1.82, 2.24) is 9.47 Å². The number of hydrogen-bond donors (Lipinski definition) is 2. The largest absolute Gasteiger partial charge is 0.399 e. The molecule has 29 heavy (non-hydrogen) atoms. The Kier molecular flexibility index (Phi) is 9.50. The van der Waals surface area contributed by atoms with Crippen LogP contribution < -0.4 is 11.5 Å². The van der Waals surface area contributed by atoms with Gasteiger partial charge in [-0.3, -0.25) is 4.79 Å². The highest BCUT2D eigenvalue weighted by atomic mass is 35.5. The van der Waals surface area contributed by atoms with E-state index in [1.165, 1.54) is 22.0 Å². The molecular weight excluding hydrogens is 407 g/mol. The van der Waals surface area contributed by atoms with Gasteiger partial charge in [-0.25, -0.2) is 0 Å². The van der Waals surface area contributed by atoms with Gasteiger partial charge in [0.1, 0.15) is 0 Å². The van der Waals surface area contributed by atoms with Crippen LogP contribution in [-0.2, 0) is 24.2 Å². The van der Waals surface area contributed by atoms with E-state index in [1.807, 2.05) is 12.1 Å². The maximum atomic E-state index is 11.1. The highest BCUT2D eigenvalue weighted by molar-refractivity contribution is 5.86. The van der Waals surface area contributed by atoms with E-state index in [0.717, 1.165) is 30.8 Å². The Labute approximate surface area is 184 Å². The van der Waals surface area contributed by atoms with Gasteiger partial charge in [0.25, 0.3) is 0 Å². The summed E-state index contributed by atoms with van der Waals surface area (Å²) < 4.78 is 2.30. The Morgan fingerprint density at radius 3 is 2.28 bits per heavy atom. The van der Waals surface area contributed by atoms with Crippen LogP contribution in [-0.4, -0.2) is 36.0 Å². The molecule has 0 aliphatic rings. The monoisotopic (exact) mass is 436 g/mol. The molecule has 0 spiro atoms. The first-order valence-electron chi connectivity index (χ1n) is 9.30. The molecule has 0 bridgehead atoms. The molecule has 7 heteroatoms. The Bertz CT molecular complexity index is 936. The van der Waals surface area contributed by atoms with Crippen molar-refractivity contribution in [3.05, 3.63) is 65.4 Å². The summed E-state index contributed by atoms with van der Waals surface area (Å²) in [6.07, 6.45) is 4.30. The topological polar surface area (TPSA) is 77.3 Å². The lowest BCUT2D eigenvalue weighted by molar-refractivity contribution is -0.117. The molecule has 0 aliphatic heterocycles. The predicted octanol–water partition coefficient (Wildman–Crippen LogP) is 3.64. The quantitative estimate of drug-likeness (QED) is 0.529. The van der Waals surface area contributed by atoms with Gasteiger partial charge < -0.3 is 20.9 Å². The molecule has 158 valence electrons. The van der Waals surface area contributed by atoms with Crippen LogP contribution in [0.5, 0.6) is 0 Å². The van der Waals surface area contributed by atoms with Crippen molar-refractivity contribution in [2.75, 3.05) is 26.4 Å².